The van der Waals surface area contributed by atoms with Gasteiger partial charge in [0, 0.05) is 43.3 Å². The number of carbonyl (C=O) groups is 3. The number of hydrogen-bond acceptors (Lipinski definition) is 4. The number of nitrogens with zero attached hydrogens (tertiary/aromatic N) is 2. The van der Waals surface area contributed by atoms with E-state index in [4.69, 9.17) is 4.74 Å². The third-order valence-electron chi connectivity index (χ3n) is 5.23. The number of nitrogens with one attached hydrogen (secondary N) is 1. The molecule has 1 saturated heterocycles. The van der Waals surface area contributed by atoms with Crippen molar-refractivity contribution < 1.29 is 19.1 Å². The highest BCUT2D eigenvalue weighted by molar-refractivity contribution is 6.01. The van der Waals surface area contributed by atoms with Crippen molar-refractivity contribution in [3.8, 4) is 0 Å². The van der Waals surface area contributed by atoms with E-state index >= 15 is 0 Å². The van der Waals surface area contributed by atoms with Gasteiger partial charge in [-0.05, 0) is 44.0 Å². The SMILES string of the molecule is CCOC(=O)N1CCC(NC(=O)CCC(=O)N(c2ccccc2)c2ccccc2)CC1. The van der Waals surface area contributed by atoms with Gasteiger partial charge in [0.2, 0.25) is 11.8 Å². The number of piperidine rings is 1. The molecule has 3 rings (SSSR count). The fraction of sp³-hybridized carbons (Fsp3) is 0.375. The number of likely N-dealkylation sites (tertiary alicyclic amines) is 1. The second-order valence-corrected chi connectivity index (χ2v) is 7.43. The lowest BCUT2D eigenvalue weighted by Gasteiger charge is -2.31. The molecule has 0 radical (unpaired) electrons. The molecule has 1 fully saturated rings. The molecule has 0 aliphatic carbocycles. The normalized spacial score (nSPS) is 14.0. The van der Waals surface area contributed by atoms with Gasteiger partial charge in [0.1, 0.15) is 0 Å². The Morgan fingerprint density at radius 3 is 2.00 bits per heavy atom. The van der Waals surface area contributed by atoms with Crippen molar-refractivity contribution in [1.82, 2.24) is 10.2 Å². The molecule has 1 aliphatic heterocycles. The maximum atomic E-state index is 13.0. The molecule has 164 valence electrons. The molecule has 1 aliphatic rings. The van der Waals surface area contributed by atoms with Crippen LogP contribution >= 0.6 is 0 Å². The molecule has 31 heavy (non-hydrogen) atoms. The van der Waals surface area contributed by atoms with Gasteiger partial charge in [0.15, 0.2) is 0 Å². The van der Waals surface area contributed by atoms with E-state index in [1.54, 1.807) is 16.7 Å². The number of ether oxygens (including phenoxy) is 1. The summed E-state index contributed by atoms with van der Waals surface area (Å²) >= 11 is 0. The molecule has 0 unspecified atom stereocenters. The highest BCUT2D eigenvalue weighted by Crippen LogP contribution is 2.26. The number of rotatable bonds is 7. The minimum atomic E-state index is -0.306. The molecule has 0 saturated carbocycles. The van der Waals surface area contributed by atoms with Gasteiger partial charge in [-0.1, -0.05) is 36.4 Å². The highest BCUT2D eigenvalue weighted by Gasteiger charge is 2.25. The zero-order chi connectivity index (χ0) is 22.1. The van der Waals surface area contributed by atoms with E-state index < -0.39 is 0 Å². The molecular weight excluding hydrogens is 394 g/mol. The Labute approximate surface area is 183 Å². The Kier molecular flexibility index (Phi) is 8.04. The van der Waals surface area contributed by atoms with Crippen molar-refractivity contribution in [1.29, 1.82) is 0 Å². The second-order valence-electron chi connectivity index (χ2n) is 7.43. The lowest BCUT2D eigenvalue weighted by molar-refractivity contribution is -0.125. The van der Waals surface area contributed by atoms with Gasteiger partial charge in [0.05, 0.1) is 6.61 Å². The quantitative estimate of drug-likeness (QED) is 0.733. The van der Waals surface area contributed by atoms with Crippen LogP contribution in [0.2, 0.25) is 0 Å². The van der Waals surface area contributed by atoms with Crippen LogP contribution < -0.4 is 10.2 Å². The van der Waals surface area contributed by atoms with Gasteiger partial charge in [-0.15, -0.1) is 0 Å². The van der Waals surface area contributed by atoms with E-state index in [0.717, 1.165) is 11.4 Å². The van der Waals surface area contributed by atoms with E-state index in [2.05, 4.69) is 5.32 Å². The van der Waals surface area contributed by atoms with Crippen LogP contribution in [0.5, 0.6) is 0 Å². The van der Waals surface area contributed by atoms with Crippen LogP contribution in [0.4, 0.5) is 16.2 Å². The summed E-state index contributed by atoms with van der Waals surface area (Å²) in [7, 11) is 0. The molecule has 7 heteroatoms. The predicted molar refractivity (Wildman–Crippen MR) is 119 cm³/mol. The zero-order valence-corrected chi connectivity index (χ0v) is 17.8. The van der Waals surface area contributed by atoms with Gasteiger partial charge in [-0.2, -0.15) is 0 Å². The fourth-order valence-corrected chi connectivity index (χ4v) is 3.64. The molecule has 2 aromatic carbocycles. The first-order valence-corrected chi connectivity index (χ1v) is 10.7. The lowest BCUT2D eigenvalue weighted by atomic mass is 10.1. The minimum absolute atomic E-state index is 0.00706. The van der Waals surface area contributed by atoms with Crippen LogP contribution in [0.3, 0.4) is 0 Å². The molecule has 0 bridgehead atoms. The Bertz CT molecular complexity index is 825. The molecule has 2 aromatic rings. The third-order valence-corrected chi connectivity index (χ3v) is 5.23. The molecule has 0 atom stereocenters. The number of anilines is 2. The summed E-state index contributed by atoms with van der Waals surface area (Å²) in [6.07, 6.45) is 1.28. The van der Waals surface area contributed by atoms with Crippen LogP contribution in [-0.2, 0) is 14.3 Å². The standard InChI is InChI=1S/C24H29N3O4/c1-2-31-24(30)26-17-15-19(16-18-26)25-22(28)13-14-23(29)27(20-9-5-3-6-10-20)21-11-7-4-8-12-21/h3-12,19H,2,13-18H2,1H3,(H,25,28). The first-order chi connectivity index (χ1) is 15.1. The third kappa shape index (κ3) is 6.31. The summed E-state index contributed by atoms with van der Waals surface area (Å²) in [4.78, 5) is 40.5. The Balaban J connectivity index is 1.52. The van der Waals surface area contributed by atoms with Crippen molar-refractivity contribution in [3.05, 3.63) is 60.7 Å². The van der Waals surface area contributed by atoms with E-state index in [9.17, 15) is 14.4 Å². The minimum Gasteiger partial charge on any atom is -0.450 e. The van der Waals surface area contributed by atoms with Crippen molar-refractivity contribution in [2.24, 2.45) is 0 Å². The number of para-hydroxylation sites is 2. The largest absolute Gasteiger partial charge is 0.450 e. The topological polar surface area (TPSA) is 79.0 Å². The first kappa shape index (κ1) is 22.3. The summed E-state index contributed by atoms with van der Waals surface area (Å²) in [5.74, 6) is -0.284. The van der Waals surface area contributed by atoms with Crippen LogP contribution in [-0.4, -0.2) is 48.5 Å². The first-order valence-electron chi connectivity index (χ1n) is 10.7. The highest BCUT2D eigenvalue weighted by atomic mass is 16.6. The maximum Gasteiger partial charge on any atom is 0.409 e. The number of benzene rings is 2. The molecule has 0 aromatic heterocycles. The van der Waals surface area contributed by atoms with Crippen LogP contribution in [0.25, 0.3) is 0 Å². The van der Waals surface area contributed by atoms with E-state index in [0.29, 0.717) is 32.5 Å². The molecule has 1 N–H and O–H groups in total. The van der Waals surface area contributed by atoms with Crippen LogP contribution in [0, 0.1) is 0 Å². The van der Waals surface area contributed by atoms with Gasteiger partial charge < -0.3 is 15.0 Å². The predicted octanol–water partition coefficient (Wildman–Crippen LogP) is 3.87. The Hall–Kier alpha value is -3.35. The Morgan fingerprint density at radius 1 is 0.935 bits per heavy atom. The van der Waals surface area contributed by atoms with E-state index in [1.807, 2.05) is 60.7 Å². The van der Waals surface area contributed by atoms with Crippen molar-refractivity contribution >= 4 is 29.3 Å². The maximum absolute atomic E-state index is 13.0. The van der Waals surface area contributed by atoms with Gasteiger partial charge >= 0.3 is 6.09 Å². The van der Waals surface area contributed by atoms with Crippen molar-refractivity contribution in [2.75, 3.05) is 24.6 Å². The number of hydrogen-bond donors (Lipinski definition) is 1. The summed E-state index contributed by atoms with van der Waals surface area (Å²) in [5.41, 5.74) is 1.54. The summed E-state index contributed by atoms with van der Waals surface area (Å²) in [6, 6.07) is 18.8. The molecule has 3 amide bonds. The smallest absolute Gasteiger partial charge is 0.409 e. The van der Waals surface area contributed by atoms with Gasteiger partial charge in [0.25, 0.3) is 0 Å². The molecule has 7 nitrogen and oxygen atoms in total. The second kappa shape index (κ2) is 11.2. The van der Waals surface area contributed by atoms with Crippen molar-refractivity contribution in [2.45, 2.75) is 38.6 Å². The van der Waals surface area contributed by atoms with Crippen molar-refractivity contribution in [3.63, 3.8) is 0 Å². The molecule has 1 heterocycles. The van der Waals surface area contributed by atoms with E-state index in [1.165, 1.54) is 0 Å². The van der Waals surface area contributed by atoms with Crippen LogP contribution in [0.1, 0.15) is 32.6 Å². The lowest BCUT2D eigenvalue weighted by Crippen LogP contribution is -2.46. The number of amides is 3. The summed E-state index contributed by atoms with van der Waals surface area (Å²) in [6.45, 7) is 3.24. The Morgan fingerprint density at radius 2 is 1.48 bits per heavy atom. The number of carbonyl (C=O) groups excluding carboxylic acids is 3. The summed E-state index contributed by atoms with van der Waals surface area (Å²) in [5, 5.41) is 3.00. The molecular formula is C24H29N3O4. The van der Waals surface area contributed by atoms with Gasteiger partial charge in [-0.3, -0.25) is 14.5 Å². The van der Waals surface area contributed by atoms with Gasteiger partial charge in [-0.25, -0.2) is 4.79 Å². The zero-order valence-electron chi connectivity index (χ0n) is 17.8. The van der Waals surface area contributed by atoms with Crippen LogP contribution in [0.15, 0.2) is 60.7 Å². The summed E-state index contributed by atoms with van der Waals surface area (Å²) < 4.78 is 5.02. The average Bonchev–Trinajstić information content (AvgIpc) is 2.80. The average molecular weight is 424 g/mol. The molecule has 0 spiro atoms. The fourth-order valence-electron chi connectivity index (χ4n) is 3.64. The van der Waals surface area contributed by atoms with E-state index in [-0.39, 0.29) is 36.8 Å². The monoisotopic (exact) mass is 423 g/mol.